The van der Waals surface area contributed by atoms with Gasteiger partial charge in [0.1, 0.15) is 18.2 Å². The predicted octanol–water partition coefficient (Wildman–Crippen LogP) is 1.83. The molecular weight excluding hydrogens is 256 g/mol. The van der Waals surface area contributed by atoms with Crippen LogP contribution in [0.3, 0.4) is 0 Å². The number of aliphatic carboxylic acids is 1. The summed E-state index contributed by atoms with van der Waals surface area (Å²) in [5.41, 5.74) is 0.216. The number of nitrogens with zero attached hydrogens (tertiary/aromatic N) is 1. The van der Waals surface area contributed by atoms with Crippen LogP contribution in [0, 0.1) is 11.6 Å². The van der Waals surface area contributed by atoms with Gasteiger partial charge in [-0.05, 0) is 36.6 Å². The van der Waals surface area contributed by atoms with Crippen molar-refractivity contribution in [3.8, 4) is 0 Å². The van der Waals surface area contributed by atoms with E-state index >= 15 is 0 Å². The Morgan fingerprint density at radius 2 is 2.00 bits per heavy atom. The van der Waals surface area contributed by atoms with Gasteiger partial charge in [0.05, 0.1) is 0 Å². The lowest BCUT2D eigenvalue weighted by atomic mass is 10.1. The second-order valence-electron chi connectivity index (χ2n) is 4.23. The topological polar surface area (TPSA) is 57.6 Å². The number of hydrogen-bond donors (Lipinski definition) is 1. The van der Waals surface area contributed by atoms with E-state index in [2.05, 4.69) is 0 Å². The van der Waals surface area contributed by atoms with E-state index in [0.717, 1.165) is 23.1 Å². The van der Waals surface area contributed by atoms with Crippen LogP contribution in [-0.4, -0.2) is 35.5 Å². The highest BCUT2D eigenvalue weighted by atomic mass is 19.1. The van der Waals surface area contributed by atoms with Gasteiger partial charge in [-0.15, -0.1) is 0 Å². The maximum absolute atomic E-state index is 13.3. The van der Waals surface area contributed by atoms with Crippen LogP contribution in [0.4, 0.5) is 8.78 Å². The van der Waals surface area contributed by atoms with Gasteiger partial charge in [0.15, 0.2) is 0 Å². The molecule has 1 N–H and O–H groups in total. The average Bonchev–Trinajstić information content (AvgIpc) is 2.32. The summed E-state index contributed by atoms with van der Waals surface area (Å²) in [5, 5.41) is 8.52. The summed E-state index contributed by atoms with van der Waals surface area (Å²) < 4.78 is 26.2. The van der Waals surface area contributed by atoms with Crippen molar-refractivity contribution in [1.82, 2.24) is 4.90 Å². The molecule has 0 aliphatic rings. The largest absolute Gasteiger partial charge is 0.480 e. The molecule has 1 amide bonds. The van der Waals surface area contributed by atoms with Crippen molar-refractivity contribution < 1.29 is 23.5 Å². The van der Waals surface area contributed by atoms with Gasteiger partial charge in [-0.2, -0.15) is 0 Å². The Labute approximate surface area is 109 Å². The molecule has 0 aliphatic heterocycles. The molecule has 1 aromatic carbocycles. The minimum atomic E-state index is -1.09. The van der Waals surface area contributed by atoms with Gasteiger partial charge < -0.3 is 10.0 Å². The molecule has 0 unspecified atom stereocenters. The lowest BCUT2D eigenvalue weighted by molar-refractivity contribution is -0.143. The molecule has 0 radical (unpaired) electrons. The first-order valence-corrected chi connectivity index (χ1v) is 5.80. The summed E-state index contributed by atoms with van der Waals surface area (Å²) in [7, 11) is 1.39. The smallest absolute Gasteiger partial charge is 0.323 e. The van der Waals surface area contributed by atoms with Crippen LogP contribution in [0.25, 0.3) is 0 Å². The number of carboxylic acids is 1. The van der Waals surface area contributed by atoms with Crippen molar-refractivity contribution in [3.63, 3.8) is 0 Å². The number of carboxylic acid groups (broad SMARTS) is 1. The molecule has 0 spiro atoms. The lowest BCUT2D eigenvalue weighted by Crippen LogP contribution is -2.31. The third kappa shape index (κ3) is 5.03. The standard InChI is InChI=1S/C13H15F2NO3/c1-16(8-13(18)19)12(17)4-2-3-9-7-10(14)5-6-11(9)15/h5-7H,2-4,8H2,1H3,(H,18,19). The van der Waals surface area contributed by atoms with E-state index < -0.39 is 17.6 Å². The van der Waals surface area contributed by atoms with E-state index in [9.17, 15) is 18.4 Å². The number of hydrogen-bond acceptors (Lipinski definition) is 2. The summed E-state index contributed by atoms with van der Waals surface area (Å²) in [6.45, 7) is -0.368. The molecule has 19 heavy (non-hydrogen) atoms. The van der Waals surface area contributed by atoms with E-state index in [1.807, 2.05) is 0 Å². The lowest BCUT2D eigenvalue weighted by Gasteiger charge is -2.14. The van der Waals surface area contributed by atoms with Gasteiger partial charge >= 0.3 is 5.97 Å². The molecular formula is C13H15F2NO3. The van der Waals surface area contributed by atoms with Crippen molar-refractivity contribution in [2.75, 3.05) is 13.6 Å². The SMILES string of the molecule is CN(CC(=O)O)C(=O)CCCc1cc(F)ccc1F. The molecule has 1 aromatic rings. The maximum Gasteiger partial charge on any atom is 0.323 e. The Morgan fingerprint density at radius 1 is 1.32 bits per heavy atom. The van der Waals surface area contributed by atoms with E-state index in [1.54, 1.807) is 0 Å². The minimum Gasteiger partial charge on any atom is -0.480 e. The van der Waals surface area contributed by atoms with Crippen molar-refractivity contribution in [1.29, 1.82) is 0 Å². The van der Waals surface area contributed by atoms with Gasteiger partial charge in [-0.1, -0.05) is 0 Å². The van der Waals surface area contributed by atoms with Gasteiger partial charge in [0, 0.05) is 13.5 Å². The maximum atomic E-state index is 13.3. The van der Waals surface area contributed by atoms with Crippen molar-refractivity contribution >= 4 is 11.9 Å². The van der Waals surface area contributed by atoms with Gasteiger partial charge in [0.2, 0.25) is 5.91 Å². The number of benzene rings is 1. The molecule has 0 atom stereocenters. The Hall–Kier alpha value is -1.98. The van der Waals surface area contributed by atoms with Crippen molar-refractivity contribution in [3.05, 3.63) is 35.4 Å². The summed E-state index contributed by atoms with van der Waals surface area (Å²) in [6, 6.07) is 3.18. The number of halogens is 2. The zero-order chi connectivity index (χ0) is 14.4. The molecule has 0 heterocycles. The van der Waals surface area contributed by atoms with E-state index in [0.29, 0.717) is 6.42 Å². The van der Waals surface area contributed by atoms with Crippen LogP contribution in [0.2, 0.25) is 0 Å². The van der Waals surface area contributed by atoms with Crippen LogP contribution in [0.5, 0.6) is 0 Å². The molecule has 0 aromatic heterocycles. The highest BCUT2D eigenvalue weighted by Gasteiger charge is 2.12. The Kier molecular flexibility index (Phi) is 5.41. The molecule has 0 saturated carbocycles. The van der Waals surface area contributed by atoms with Crippen molar-refractivity contribution in [2.24, 2.45) is 0 Å². The fourth-order valence-electron chi connectivity index (χ4n) is 1.65. The van der Waals surface area contributed by atoms with Crippen LogP contribution in [-0.2, 0) is 16.0 Å². The Bertz CT molecular complexity index is 477. The van der Waals surface area contributed by atoms with Crippen LogP contribution < -0.4 is 0 Å². The van der Waals surface area contributed by atoms with Crippen LogP contribution in [0.1, 0.15) is 18.4 Å². The predicted molar refractivity (Wildman–Crippen MR) is 64.6 cm³/mol. The molecule has 0 bridgehead atoms. The molecule has 1 rings (SSSR count). The summed E-state index contributed by atoms with van der Waals surface area (Å²) in [5.74, 6) is -2.45. The summed E-state index contributed by atoms with van der Waals surface area (Å²) >= 11 is 0. The number of carbonyl (C=O) groups excluding carboxylic acids is 1. The average molecular weight is 271 g/mol. The molecule has 0 fully saturated rings. The fourth-order valence-corrected chi connectivity index (χ4v) is 1.65. The first-order chi connectivity index (χ1) is 8.90. The Balaban J connectivity index is 2.43. The fraction of sp³-hybridized carbons (Fsp3) is 0.385. The second kappa shape index (κ2) is 6.82. The van der Waals surface area contributed by atoms with E-state index in [4.69, 9.17) is 5.11 Å². The number of amides is 1. The molecule has 0 saturated heterocycles. The minimum absolute atomic E-state index is 0.0970. The zero-order valence-electron chi connectivity index (χ0n) is 10.5. The number of likely N-dealkylation sites (N-methyl/N-ethyl adjacent to an activating group) is 1. The monoisotopic (exact) mass is 271 g/mol. The first-order valence-electron chi connectivity index (χ1n) is 5.80. The van der Waals surface area contributed by atoms with Gasteiger partial charge in [-0.3, -0.25) is 9.59 Å². The number of rotatable bonds is 6. The summed E-state index contributed by atoms with van der Waals surface area (Å²) in [6.07, 6.45) is 0.666. The number of carbonyl (C=O) groups is 2. The zero-order valence-corrected chi connectivity index (χ0v) is 10.5. The van der Waals surface area contributed by atoms with Crippen LogP contribution >= 0.6 is 0 Å². The van der Waals surface area contributed by atoms with Gasteiger partial charge in [0.25, 0.3) is 0 Å². The van der Waals surface area contributed by atoms with Crippen molar-refractivity contribution in [2.45, 2.75) is 19.3 Å². The van der Waals surface area contributed by atoms with Crippen LogP contribution in [0.15, 0.2) is 18.2 Å². The normalized spacial score (nSPS) is 10.3. The quantitative estimate of drug-likeness (QED) is 0.858. The molecule has 4 nitrogen and oxygen atoms in total. The Morgan fingerprint density at radius 3 is 2.63 bits per heavy atom. The number of aryl methyl sites for hydroxylation is 1. The second-order valence-corrected chi connectivity index (χ2v) is 4.23. The van der Waals surface area contributed by atoms with E-state index in [-0.39, 0.29) is 30.9 Å². The molecule has 0 aliphatic carbocycles. The molecule has 104 valence electrons. The third-order valence-corrected chi connectivity index (χ3v) is 2.64. The summed E-state index contributed by atoms with van der Waals surface area (Å²) in [4.78, 5) is 23.0. The molecule has 6 heteroatoms. The third-order valence-electron chi connectivity index (χ3n) is 2.64. The highest BCUT2D eigenvalue weighted by molar-refractivity contribution is 5.80. The first kappa shape index (κ1) is 15.1. The van der Waals surface area contributed by atoms with Gasteiger partial charge in [-0.25, -0.2) is 8.78 Å². The highest BCUT2D eigenvalue weighted by Crippen LogP contribution is 2.13. The van der Waals surface area contributed by atoms with E-state index in [1.165, 1.54) is 7.05 Å².